The van der Waals surface area contributed by atoms with Crippen molar-refractivity contribution in [2.24, 2.45) is 0 Å². The molecule has 2 aliphatic carbocycles. The molecule has 0 N–H and O–H groups in total. The SMILES string of the molecule is CC(C)(C)c1ccc(N2B3c4cc(C(C)(C)C)ccc4N(c4ccc(C(C)(C)C)cc4)c4c3c(cc3ccccc43)-c3c2ccc2c3-c3cc4c(cc3C2(C)C)C(C)(C)CCC4(C)C)cc1. The molecule has 3 heteroatoms. The molecule has 0 amide bonds. The van der Waals surface area contributed by atoms with E-state index in [9.17, 15) is 0 Å². The van der Waals surface area contributed by atoms with E-state index in [4.69, 9.17) is 0 Å². The molecule has 66 heavy (non-hydrogen) atoms. The zero-order chi connectivity index (χ0) is 46.8. The van der Waals surface area contributed by atoms with Gasteiger partial charge in [0, 0.05) is 39.1 Å². The van der Waals surface area contributed by atoms with Crippen LogP contribution in [0.15, 0.2) is 121 Å². The van der Waals surface area contributed by atoms with Crippen LogP contribution in [-0.4, -0.2) is 6.85 Å². The maximum Gasteiger partial charge on any atom is 0.333 e. The fourth-order valence-electron chi connectivity index (χ4n) is 12.3. The van der Waals surface area contributed by atoms with Crippen molar-refractivity contribution in [1.29, 1.82) is 0 Å². The lowest BCUT2D eigenvalue weighted by molar-refractivity contribution is 0.331. The lowest BCUT2D eigenvalue weighted by atomic mass is 9.42. The molecular weight excluding hydrogens is 796 g/mol. The van der Waals surface area contributed by atoms with Gasteiger partial charge >= 0.3 is 6.85 Å². The molecular formula is C63H69BN2. The topological polar surface area (TPSA) is 6.48 Å². The van der Waals surface area contributed by atoms with Crippen molar-refractivity contribution in [3.63, 3.8) is 0 Å². The second kappa shape index (κ2) is 13.8. The average molecular weight is 865 g/mol. The summed E-state index contributed by atoms with van der Waals surface area (Å²) in [6.45, 7) is 35.8. The van der Waals surface area contributed by atoms with Crippen molar-refractivity contribution in [3.8, 4) is 22.3 Å². The van der Waals surface area contributed by atoms with Crippen molar-refractivity contribution in [2.45, 2.75) is 149 Å². The molecule has 2 nitrogen and oxygen atoms in total. The van der Waals surface area contributed by atoms with Gasteiger partial charge in [-0.05, 0) is 160 Å². The number of anilines is 5. The quantitative estimate of drug-likeness (QED) is 0.160. The summed E-state index contributed by atoms with van der Waals surface area (Å²) in [5.41, 5.74) is 24.6. The van der Waals surface area contributed by atoms with Gasteiger partial charge in [-0.1, -0.05) is 177 Å². The molecule has 11 rings (SSSR count). The van der Waals surface area contributed by atoms with Crippen LogP contribution in [0.25, 0.3) is 33.0 Å². The zero-order valence-electron chi connectivity index (χ0n) is 42.4. The highest BCUT2D eigenvalue weighted by molar-refractivity contribution is 6.94. The van der Waals surface area contributed by atoms with Crippen molar-refractivity contribution in [1.82, 2.24) is 0 Å². The first kappa shape index (κ1) is 43.1. The first-order valence-electron chi connectivity index (χ1n) is 24.8. The van der Waals surface area contributed by atoms with Gasteiger partial charge in [-0.25, -0.2) is 0 Å². The van der Waals surface area contributed by atoms with Crippen LogP contribution in [0.5, 0.6) is 0 Å². The van der Waals surface area contributed by atoms with Crippen LogP contribution < -0.4 is 20.6 Å². The Balaban J connectivity index is 1.30. The molecule has 7 aromatic carbocycles. The highest BCUT2D eigenvalue weighted by Gasteiger charge is 2.50. The number of rotatable bonds is 2. The Kier molecular flexibility index (Phi) is 8.99. The van der Waals surface area contributed by atoms with Gasteiger partial charge in [-0.3, -0.25) is 0 Å². The van der Waals surface area contributed by atoms with Gasteiger partial charge in [-0.15, -0.1) is 0 Å². The van der Waals surface area contributed by atoms with Gasteiger partial charge in [0.1, 0.15) is 0 Å². The summed E-state index contributed by atoms with van der Waals surface area (Å²) in [4.78, 5) is 5.37. The smallest absolute Gasteiger partial charge is 0.333 e. The summed E-state index contributed by atoms with van der Waals surface area (Å²) in [5, 5.41) is 2.55. The van der Waals surface area contributed by atoms with Gasteiger partial charge < -0.3 is 9.71 Å². The zero-order valence-corrected chi connectivity index (χ0v) is 42.4. The standard InChI is InChI=1S/C63H69BN2/c1-58(2,3)39-20-25-42(26-21-39)65-52-30-24-41(60(7,8)9)35-51(52)64-56-46(34-38-18-16-17-19-44(38)57(56)65)55-53(66(64)43-27-22-40(23-28-43)59(4,5)6)31-29-47-54(55)45-36-49-50(37-48(45)63(47,14)15)62(12,13)33-32-61(49,10)11/h16-31,34-37H,32-33H2,1-15H3. The summed E-state index contributed by atoms with van der Waals surface area (Å²) >= 11 is 0. The van der Waals surface area contributed by atoms with Crippen molar-refractivity contribution in [3.05, 3.63) is 160 Å². The van der Waals surface area contributed by atoms with E-state index in [1.165, 1.54) is 124 Å². The molecule has 0 atom stereocenters. The molecule has 0 unspecified atom stereocenters. The molecule has 2 aliphatic heterocycles. The fraction of sp³-hybridized carbons (Fsp3) is 0.365. The second-order valence-corrected chi connectivity index (χ2v) is 25.4. The number of nitrogens with zero attached hydrogens (tertiary/aromatic N) is 2. The molecule has 0 bridgehead atoms. The lowest BCUT2D eigenvalue weighted by Gasteiger charge is -2.47. The largest absolute Gasteiger partial charge is 0.376 e. The number of benzene rings is 7. The molecule has 0 radical (unpaired) electrons. The van der Waals surface area contributed by atoms with E-state index in [0.717, 1.165) is 0 Å². The van der Waals surface area contributed by atoms with Crippen LogP contribution in [0.3, 0.4) is 0 Å². The highest BCUT2D eigenvalue weighted by Crippen LogP contribution is 2.60. The van der Waals surface area contributed by atoms with E-state index in [1.807, 2.05) is 0 Å². The third-order valence-corrected chi connectivity index (χ3v) is 16.6. The minimum atomic E-state index is -0.172. The van der Waals surface area contributed by atoms with Crippen LogP contribution in [-0.2, 0) is 32.5 Å². The average Bonchev–Trinajstić information content (AvgIpc) is 3.48. The number of hydrogen-bond acceptors (Lipinski definition) is 2. The van der Waals surface area contributed by atoms with Crippen LogP contribution >= 0.6 is 0 Å². The molecule has 0 saturated heterocycles. The van der Waals surface area contributed by atoms with E-state index in [1.54, 1.807) is 0 Å². The molecule has 4 aliphatic rings. The van der Waals surface area contributed by atoms with Gasteiger partial charge in [0.2, 0.25) is 0 Å². The van der Waals surface area contributed by atoms with Crippen LogP contribution in [0, 0.1) is 0 Å². The van der Waals surface area contributed by atoms with E-state index < -0.39 is 0 Å². The minimum Gasteiger partial charge on any atom is -0.376 e. The Hall–Kier alpha value is -5.54. The third kappa shape index (κ3) is 6.20. The van der Waals surface area contributed by atoms with Crippen LogP contribution in [0.4, 0.5) is 28.4 Å². The van der Waals surface area contributed by atoms with Gasteiger partial charge in [0.25, 0.3) is 0 Å². The second-order valence-electron chi connectivity index (χ2n) is 25.4. The molecule has 334 valence electrons. The maximum absolute atomic E-state index is 2.74. The predicted octanol–water partition coefficient (Wildman–Crippen LogP) is 16.1. The van der Waals surface area contributed by atoms with Crippen LogP contribution in [0.1, 0.15) is 156 Å². The molecule has 0 aromatic heterocycles. The van der Waals surface area contributed by atoms with Gasteiger partial charge in [-0.2, -0.15) is 0 Å². The number of hydrogen-bond donors (Lipinski definition) is 0. The summed E-state index contributed by atoms with van der Waals surface area (Å²) in [5.74, 6) is 0. The first-order valence-corrected chi connectivity index (χ1v) is 24.8. The van der Waals surface area contributed by atoms with Crippen LogP contribution in [0.2, 0.25) is 0 Å². The molecule has 7 aromatic rings. The molecule has 0 fully saturated rings. The van der Waals surface area contributed by atoms with Crippen molar-refractivity contribution in [2.75, 3.05) is 9.71 Å². The Morgan fingerprint density at radius 2 is 1.02 bits per heavy atom. The summed E-state index contributed by atoms with van der Waals surface area (Å²) in [6.07, 6.45) is 2.39. The van der Waals surface area contributed by atoms with E-state index in [2.05, 4.69) is 235 Å². The summed E-state index contributed by atoms with van der Waals surface area (Å²) < 4.78 is 0. The van der Waals surface area contributed by atoms with E-state index >= 15 is 0 Å². The van der Waals surface area contributed by atoms with Crippen molar-refractivity contribution < 1.29 is 0 Å². The van der Waals surface area contributed by atoms with E-state index in [0.29, 0.717) is 0 Å². The van der Waals surface area contributed by atoms with Gasteiger partial charge in [0.15, 0.2) is 0 Å². The maximum atomic E-state index is 2.74. The molecule has 0 saturated carbocycles. The summed E-state index contributed by atoms with van der Waals surface area (Å²) in [6, 6.07) is 48.5. The first-order chi connectivity index (χ1) is 30.9. The Morgan fingerprint density at radius 3 is 1.62 bits per heavy atom. The number of fused-ring (bicyclic) bond motifs is 11. The molecule has 2 heterocycles. The predicted molar refractivity (Wildman–Crippen MR) is 287 cm³/mol. The lowest BCUT2D eigenvalue weighted by Crippen LogP contribution is -2.62. The van der Waals surface area contributed by atoms with Crippen molar-refractivity contribution >= 4 is 57.0 Å². The Morgan fingerprint density at radius 1 is 0.470 bits per heavy atom. The minimum absolute atomic E-state index is 0.0376. The summed E-state index contributed by atoms with van der Waals surface area (Å²) in [7, 11) is 0. The Bertz CT molecular complexity index is 3160. The third-order valence-electron chi connectivity index (χ3n) is 16.6. The normalized spacial score (nSPS) is 17.5. The van der Waals surface area contributed by atoms with Gasteiger partial charge in [0.05, 0.1) is 5.69 Å². The molecule has 0 spiro atoms. The fourth-order valence-corrected chi connectivity index (χ4v) is 12.3. The Labute approximate surface area is 396 Å². The monoisotopic (exact) mass is 865 g/mol. The van der Waals surface area contributed by atoms with E-state index in [-0.39, 0.29) is 39.3 Å². The highest BCUT2D eigenvalue weighted by atomic mass is 15.2.